The van der Waals surface area contributed by atoms with E-state index in [4.69, 9.17) is 32.7 Å². The first-order valence-corrected chi connectivity index (χ1v) is 4.50. The van der Waals surface area contributed by atoms with E-state index in [1.165, 1.54) is 0 Å². The third-order valence-corrected chi connectivity index (χ3v) is 1.79. The molecule has 0 atom stereocenters. The lowest BCUT2D eigenvalue weighted by Gasteiger charge is -2.05. The second-order valence-corrected chi connectivity index (χ2v) is 3.48. The molecule has 0 heterocycles. The van der Waals surface area contributed by atoms with E-state index in [2.05, 4.69) is 12.2 Å². The average Bonchev–Trinajstić information content (AvgIpc) is 2.08. The highest BCUT2D eigenvalue weighted by molar-refractivity contribution is 7.82. The van der Waals surface area contributed by atoms with Gasteiger partial charge in [0, 0.05) is 6.07 Å². The summed E-state index contributed by atoms with van der Waals surface area (Å²) in [7, 11) is 1.55. The maximum absolute atomic E-state index is 5.83. The Balaban J connectivity index is 2.91. The van der Waals surface area contributed by atoms with Crippen molar-refractivity contribution in [3.8, 4) is 11.5 Å². The third kappa shape index (κ3) is 3.03. The molecule has 1 aromatic rings. The van der Waals surface area contributed by atoms with Gasteiger partial charge in [0.05, 0.1) is 12.1 Å². The van der Waals surface area contributed by atoms with Crippen molar-refractivity contribution in [1.82, 2.24) is 0 Å². The molecule has 1 aromatic carbocycles. The molecule has 0 aromatic heterocycles. The largest absolute Gasteiger partial charge is 0.497 e. The highest BCUT2D eigenvalue weighted by Crippen LogP contribution is 2.28. The van der Waals surface area contributed by atoms with Crippen LogP contribution in [0.3, 0.4) is 0 Å². The average molecular weight is 237 g/mol. The Hall–Kier alpha value is -0.510. The molecule has 70 valence electrons. The van der Waals surface area contributed by atoms with Crippen LogP contribution >= 0.6 is 35.4 Å². The smallest absolute Gasteiger partial charge is 0.260 e. The number of hydrogen-bond acceptors (Lipinski definition) is 3. The van der Waals surface area contributed by atoms with E-state index in [0.29, 0.717) is 16.5 Å². The summed E-state index contributed by atoms with van der Waals surface area (Å²) in [5.41, 5.74) is 0. The van der Waals surface area contributed by atoms with Crippen molar-refractivity contribution >= 4 is 39.9 Å². The monoisotopic (exact) mass is 236 g/mol. The summed E-state index contributed by atoms with van der Waals surface area (Å²) in [5.74, 6) is 1.07. The van der Waals surface area contributed by atoms with E-state index in [1.54, 1.807) is 25.3 Å². The van der Waals surface area contributed by atoms with Gasteiger partial charge in [0.15, 0.2) is 0 Å². The summed E-state index contributed by atoms with van der Waals surface area (Å²) >= 11 is 15.8. The van der Waals surface area contributed by atoms with Crippen molar-refractivity contribution in [3.63, 3.8) is 0 Å². The Bertz CT molecular complexity index is 328. The fraction of sp³-hybridized carbons (Fsp3) is 0.125. The molecule has 2 nitrogen and oxygen atoms in total. The minimum absolute atomic E-state index is 0.0907. The molecular formula is C8H6Cl2O2S. The van der Waals surface area contributed by atoms with Crippen LogP contribution < -0.4 is 9.47 Å². The zero-order valence-corrected chi connectivity index (χ0v) is 9.04. The van der Waals surface area contributed by atoms with E-state index in [1.807, 2.05) is 0 Å². The highest BCUT2D eigenvalue weighted by atomic mass is 35.5. The van der Waals surface area contributed by atoms with Gasteiger partial charge in [0.1, 0.15) is 11.5 Å². The number of methoxy groups -OCH3 is 1. The predicted octanol–water partition coefficient (Wildman–Crippen LogP) is 3.25. The molecule has 0 amide bonds. The summed E-state index contributed by atoms with van der Waals surface area (Å²) in [4.78, 5) is 0. The second-order valence-electron chi connectivity index (χ2n) is 2.14. The molecule has 0 aliphatic carbocycles. The van der Waals surface area contributed by atoms with Crippen molar-refractivity contribution in [1.29, 1.82) is 0 Å². The van der Waals surface area contributed by atoms with E-state index < -0.39 is 0 Å². The molecule has 1 rings (SSSR count). The van der Waals surface area contributed by atoms with Crippen LogP contribution in [0.5, 0.6) is 11.5 Å². The van der Waals surface area contributed by atoms with Crippen LogP contribution in [0.2, 0.25) is 5.02 Å². The van der Waals surface area contributed by atoms with Gasteiger partial charge < -0.3 is 9.47 Å². The number of thiocarbonyl (C=S) groups is 1. The van der Waals surface area contributed by atoms with Crippen molar-refractivity contribution < 1.29 is 9.47 Å². The molecule has 0 fully saturated rings. The van der Waals surface area contributed by atoms with Crippen LogP contribution in [0.25, 0.3) is 0 Å². The minimum atomic E-state index is -0.0907. The normalized spacial score (nSPS) is 9.46. The van der Waals surface area contributed by atoms with E-state index in [-0.39, 0.29) is 4.51 Å². The first kappa shape index (κ1) is 10.6. The van der Waals surface area contributed by atoms with Crippen LogP contribution in [0.15, 0.2) is 18.2 Å². The lowest BCUT2D eigenvalue weighted by atomic mass is 10.3. The van der Waals surface area contributed by atoms with Crippen LogP contribution in [0.1, 0.15) is 0 Å². The Morgan fingerprint density at radius 3 is 2.62 bits per heavy atom. The zero-order chi connectivity index (χ0) is 9.84. The van der Waals surface area contributed by atoms with E-state index in [0.717, 1.165) is 0 Å². The lowest BCUT2D eigenvalue weighted by Crippen LogP contribution is -1.96. The van der Waals surface area contributed by atoms with Crippen molar-refractivity contribution in [2.45, 2.75) is 0 Å². The molecule has 0 N–H and O–H groups in total. The molecule has 0 radical (unpaired) electrons. The standard InChI is InChI=1S/C8H6Cl2O2S/c1-11-5-2-3-7(6(9)4-5)12-8(10)13/h2-4H,1H3. The van der Waals surface area contributed by atoms with Crippen LogP contribution in [0, 0.1) is 0 Å². The van der Waals surface area contributed by atoms with Gasteiger partial charge in [-0.05, 0) is 36.0 Å². The quantitative estimate of drug-likeness (QED) is 0.581. The molecule has 0 unspecified atom stereocenters. The van der Waals surface area contributed by atoms with Gasteiger partial charge in [-0.15, -0.1) is 0 Å². The SMILES string of the molecule is COc1ccc(OC(=S)Cl)c(Cl)c1. The Morgan fingerprint density at radius 2 is 2.15 bits per heavy atom. The summed E-state index contributed by atoms with van der Waals surface area (Å²) in [6, 6.07) is 4.96. The third-order valence-electron chi connectivity index (χ3n) is 1.33. The zero-order valence-electron chi connectivity index (χ0n) is 6.71. The topological polar surface area (TPSA) is 18.5 Å². The Kier molecular flexibility index (Phi) is 3.78. The molecule has 0 saturated carbocycles. The van der Waals surface area contributed by atoms with Crippen molar-refractivity contribution in [2.24, 2.45) is 0 Å². The molecule has 0 saturated heterocycles. The fourth-order valence-corrected chi connectivity index (χ4v) is 1.16. The fourth-order valence-electron chi connectivity index (χ4n) is 0.778. The van der Waals surface area contributed by atoms with Crippen LogP contribution in [0.4, 0.5) is 0 Å². The Morgan fingerprint density at radius 1 is 1.46 bits per heavy atom. The minimum Gasteiger partial charge on any atom is -0.497 e. The van der Waals surface area contributed by atoms with Gasteiger partial charge in [-0.25, -0.2) is 0 Å². The number of benzene rings is 1. The summed E-state index contributed by atoms with van der Waals surface area (Å²) in [5, 5.41) is 0.405. The molecule has 13 heavy (non-hydrogen) atoms. The summed E-state index contributed by atoms with van der Waals surface area (Å²) < 4.78 is 9.81. The van der Waals surface area contributed by atoms with Crippen LogP contribution in [-0.4, -0.2) is 11.6 Å². The first-order valence-electron chi connectivity index (χ1n) is 3.34. The maximum Gasteiger partial charge on any atom is 0.260 e. The van der Waals surface area contributed by atoms with Gasteiger partial charge in [-0.1, -0.05) is 11.6 Å². The molecule has 0 spiro atoms. The molecular weight excluding hydrogens is 231 g/mol. The van der Waals surface area contributed by atoms with Gasteiger partial charge in [-0.2, -0.15) is 0 Å². The van der Waals surface area contributed by atoms with Gasteiger partial charge >= 0.3 is 0 Å². The number of ether oxygens (including phenoxy) is 2. The first-order chi connectivity index (χ1) is 6.13. The highest BCUT2D eigenvalue weighted by Gasteiger charge is 2.04. The molecule has 5 heteroatoms. The van der Waals surface area contributed by atoms with Gasteiger partial charge in [0.25, 0.3) is 4.51 Å². The van der Waals surface area contributed by atoms with Gasteiger partial charge in [-0.3, -0.25) is 0 Å². The summed E-state index contributed by atoms with van der Waals surface area (Å²) in [6.07, 6.45) is 0. The lowest BCUT2D eigenvalue weighted by molar-refractivity contribution is 0.414. The van der Waals surface area contributed by atoms with Crippen molar-refractivity contribution in [3.05, 3.63) is 23.2 Å². The number of rotatable bonds is 2. The molecule has 0 bridgehead atoms. The second kappa shape index (κ2) is 4.65. The maximum atomic E-state index is 5.83. The van der Waals surface area contributed by atoms with E-state index >= 15 is 0 Å². The van der Waals surface area contributed by atoms with E-state index in [9.17, 15) is 0 Å². The predicted molar refractivity (Wildman–Crippen MR) is 57.1 cm³/mol. The van der Waals surface area contributed by atoms with Crippen molar-refractivity contribution in [2.75, 3.05) is 7.11 Å². The van der Waals surface area contributed by atoms with Gasteiger partial charge in [0.2, 0.25) is 0 Å². The number of halogens is 2. The van der Waals surface area contributed by atoms with Crippen LogP contribution in [-0.2, 0) is 0 Å². The molecule has 0 aliphatic rings. The summed E-state index contributed by atoms with van der Waals surface area (Å²) in [6.45, 7) is 0. The number of hydrogen-bond donors (Lipinski definition) is 0. The Labute approximate surface area is 91.4 Å². The molecule has 0 aliphatic heterocycles.